The van der Waals surface area contributed by atoms with Gasteiger partial charge in [-0.3, -0.25) is 9.69 Å². The molecule has 0 saturated carbocycles. The Kier molecular flexibility index (Phi) is 10.6. The fraction of sp³-hybridized carbons (Fsp3) is 0.933. The van der Waals surface area contributed by atoms with Crippen LogP contribution in [0.15, 0.2) is 0 Å². The molecule has 0 aromatic rings. The molecule has 126 valence electrons. The summed E-state index contributed by atoms with van der Waals surface area (Å²) < 4.78 is 15.2. The third-order valence-electron chi connectivity index (χ3n) is 3.92. The third-order valence-corrected chi connectivity index (χ3v) is 3.92. The molecule has 0 bridgehead atoms. The number of methoxy groups -OCH3 is 3. The molecule has 0 spiro atoms. The van der Waals surface area contributed by atoms with Crippen LogP contribution in [0.5, 0.6) is 0 Å². The van der Waals surface area contributed by atoms with E-state index in [1.54, 1.807) is 21.3 Å². The van der Waals surface area contributed by atoms with E-state index in [4.69, 9.17) is 14.2 Å². The summed E-state index contributed by atoms with van der Waals surface area (Å²) in [5.74, 6) is -0.224. The molecular weight excluding hydrogens is 272 g/mol. The number of likely N-dealkylation sites (N-methyl/N-ethyl adjacent to an activating group) is 1. The third kappa shape index (κ3) is 7.22. The summed E-state index contributed by atoms with van der Waals surface area (Å²) in [6.07, 6.45) is 1.61. The van der Waals surface area contributed by atoms with E-state index in [0.29, 0.717) is 19.3 Å². The largest absolute Gasteiger partial charge is 0.468 e. The van der Waals surface area contributed by atoms with E-state index in [1.165, 1.54) is 7.11 Å². The topological polar surface area (TPSA) is 60.0 Å². The monoisotopic (exact) mass is 304 g/mol. The summed E-state index contributed by atoms with van der Waals surface area (Å²) >= 11 is 0. The maximum absolute atomic E-state index is 11.8. The lowest BCUT2D eigenvalue weighted by Crippen LogP contribution is -2.49. The predicted molar refractivity (Wildman–Crippen MR) is 83.5 cm³/mol. The Balaban J connectivity index is 4.42. The van der Waals surface area contributed by atoms with Gasteiger partial charge in [-0.1, -0.05) is 0 Å². The van der Waals surface area contributed by atoms with E-state index >= 15 is 0 Å². The molecule has 0 heterocycles. The van der Waals surface area contributed by atoms with Gasteiger partial charge in [0, 0.05) is 26.8 Å². The van der Waals surface area contributed by atoms with Crippen molar-refractivity contribution in [3.05, 3.63) is 0 Å². The zero-order chi connectivity index (χ0) is 16.3. The molecular formula is C15H32N2O4. The van der Waals surface area contributed by atoms with Crippen molar-refractivity contribution in [1.82, 2.24) is 10.2 Å². The number of esters is 1. The Bertz CT molecular complexity index is 289. The maximum Gasteiger partial charge on any atom is 0.325 e. The lowest BCUT2D eigenvalue weighted by atomic mass is 9.96. The highest BCUT2D eigenvalue weighted by Crippen LogP contribution is 2.15. The smallest absolute Gasteiger partial charge is 0.325 e. The van der Waals surface area contributed by atoms with Gasteiger partial charge in [-0.05, 0) is 40.3 Å². The quantitative estimate of drug-likeness (QED) is 0.541. The van der Waals surface area contributed by atoms with E-state index in [2.05, 4.69) is 17.1 Å². The summed E-state index contributed by atoms with van der Waals surface area (Å²) in [4.78, 5) is 14.1. The molecule has 0 aliphatic rings. The van der Waals surface area contributed by atoms with Crippen LogP contribution >= 0.6 is 0 Å². The minimum absolute atomic E-state index is 0.224. The molecule has 0 aromatic heterocycles. The lowest BCUT2D eigenvalue weighted by molar-refractivity contribution is -0.148. The van der Waals surface area contributed by atoms with Gasteiger partial charge in [0.2, 0.25) is 0 Å². The first-order chi connectivity index (χ1) is 9.95. The molecule has 0 radical (unpaired) electrons. The average Bonchev–Trinajstić information content (AvgIpc) is 2.49. The molecule has 0 amide bonds. The number of carbonyl (C=O) groups is 1. The van der Waals surface area contributed by atoms with Gasteiger partial charge in [0.1, 0.15) is 5.54 Å². The molecule has 0 aliphatic heterocycles. The standard InChI is InChI=1S/C15H32N2O4/c1-13(12-20-5)17(10-11-19-4)9-7-8-15(2,16-3)14(18)21-6/h13,16H,7-12H2,1-6H3. The van der Waals surface area contributed by atoms with Gasteiger partial charge in [-0.25, -0.2) is 0 Å². The van der Waals surface area contributed by atoms with Crippen molar-refractivity contribution in [2.75, 3.05) is 54.7 Å². The summed E-state index contributed by atoms with van der Waals surface area (Å²) in [5, 5.41) is 3.06. The van der Waals surface area contributed by atoms with Crippen LogP contribution < -0.4 is 5.32 Å². The first-order valence-corrected chi connectivity index (χ1v) is 7.44. The summed E-state index contributed by atoms with van der Waals surface area (Å²) in [7, 11) is 6.62. The van der Waals surface area contributed by atoms with Crippen molar-refractivity contribution in [2.45, 2.75) is 38.3 Å². The first-order valence-electron chi connectivity index (χ1n) is 7.44. The molecule has 6 heteroatoms. The highest BCUT2D eigenvalue weighted by atomic mass is 16.5. The van der Waals surface area contributed by atoms with Gasteiger partial charge in [0.25, 0.3) is 0 Å². The van der Waals surface area contributed by atoms with Crippen LogP contribution in [0.4, 0.5) is 0 Å². The van der Waals surface area contributed by atoms with Crippen molar-refractivity contribution in [3.63, 3.8) is 0 Å². The summed E-state index contributed by atoms with van der Waals surface area (Å²) in [5.41, 5.74) is -0.633. The predicted octanol–water partition coefficient (Wildman–Crippen LogP) is 0.901. The second-order valence-corrected chi connectivity index (χ2v) is 5.51. The summed E-state index contributed by atoms with van der Waals surface area (Å²) in [6.45, 7) is 7.13. The Hall–Kier alpha value is -0.690. The average molecular weight is 304 g/mol. The van der Waals surface area contributed by atoms with Crippen LogP contribution in [0, 0.1) is 0 Å². The van der Waals surface area contributed by atoms with E-state index in [0.717, 1.165) is 25.9 Å². The van der Waals surface area contributed by atoms with Gasteiger partial charge < -0.3 is 19.5 Å². The summed E-state index contributed by atoms with van der Waals surface area (Å²) in [6, 6.07) is 0.323. The molecule has 6 nitrogen and oxygen atoms in total. The molecule has 21 heavy (non-hydrogen) atoms. The molecule has 0 fully saturated rings. The van der Waals surface area contributed by atoms with Gasteiger partial charge in [0.15, 0.2) is 0 Å². The lowest BCUT2D eigenvalue weighted by Gasteiger charge is -2.31. The van der Waals surface area contributed by atoms with Crippen LogP contribution in [0.3, 0.4) is 0 Å². The number of rotatable bonds is 12. The van der Waals surface area contributed by atoms with Crippen molar-refractivity contribution in [3.8, 4) is 0 Å². The number of hydrogen-bond donors (Lipinski definition) is 1. The minimum Gasteiger partial charge on any atom is -0.468 e. The Morgan fingerprint density at radius 3 is 2.38 bits per heavy atom. The van der Waals surface area contributed by atoms with E-state index < -0.39 is 5.54 Å². The van der Waals surface area contributed by atoms with Gasteiger partial charge in [-0.2, -0.15) is 0 Å². The zero-order valence-corrected chi connectivity index (χ0v) is 14.4. The Morgan fingerprint density at radius 2 is 1.90 bits per heavy atom. The van der Waals surface area contributed by atoms with Crippen LogP contribution in [0.2, 0.25) is 0 Å². The Labute approximate surface area is 129 Å². The van der Waals surface area contributed by atoms with Crippen molar-refractivity contribution in [2.24, 2.45) is 0 Å². The fourth-order valence-corrected chi connectivity index (χ4v) is 2.30. The molecule has 2 atom stereocenters. The van der Waals surface area contributed by atoms with E-state index in [9.17, 15) is 4.79 Å². The van der Waals surface area contributed by atoms with E-state index in [-0.39, 0.29) is 5.97 Å². The van der Waals surface area contributed by atoms with Crippen LogP contribution in [-0.4, -0.2) is 77.1 Å². The molecule has 2 unspecified atom stereocenters. The first kappa shape index (κ1) is 20.3. The number of hydrogen-bond acceptors (Lipinski definition) is 6. The molecule has 0 aromatic carbocycles. The Morgan fingerprint density at radius 1 is 1.24 bits per heavy atom. The van der Waals surface area contributed by atoms with Crippen LogP contribution in [0.25, 0.3) is 0 Å². The highest BCUT2D eigenvalue weighted by molar-refractivity contribution is 5.80. The molecule has 1 N–H and O–H groups in total. The molecule has 0 aliphatic carbocycles. The zero-order valence-electron chi connectivity index (χ0n) is 14.4. The number of nitrogens with zero attached hydrogens (tertiary/aromatic N) is 1. The van der Waals surface area contributed by atoms with Gasteiger partial charge in [0.05, 0.1) is 20.3 Å². The normalized spacial score (nSPS) is 15.8. The second kappa shape index (κ2) is 11.0. The number of ether oxygens (including phenoxy) is 3. The fourth-order valence-electron chi connectivity index (χ4n) is 2.30. The SMILES string of the molecule is CNC(C)(CCCN(CCOC)C(C)COC)C(=O)OC. The van der Waals surface area contributed by atoms with Crippen molar-refractivity contribution in [1.29, 1.82) is 0 Å². The number of nitrogens with one attached hydrogen (secondary N) is 1. The molecule has 0 rings (SSSR count). The second-order valence-electron chi connectivity index (χ2n) is 5.51. The molecule has 0 saturated heterocycles. The maximum atomic E-state index is 11.8. The van der Waals surface area contributed by atoms with Crippen molar-refractivity contribution < 1.29 is 19.0 Å². The van der Waals surface area contributed by atoms with Crippen LogP contribution in [0.1, 0.15) is 26.7 Å². The number of carbonyl (C=O) groups excluding carboxylic acids is 1. The van der Waals surface area contributed by atoms with Crippen LogP contribution in [-0.2, 0) is 19.0 Å². The van der Waals surface area contributed by atoms with Gasteiger partial charge in [-0.15, -0.1) is 0 Å². The van der Waals surface area contributed by atoms with Gasteiger partial charge >= 0.3 is 5.97 Å². The van der Waals surface area contributed by atoms with E-state index in [1.807, 2.05) is 6.92 Å². The highest BCUT2D eigenvalue weighted by Gasteiger charge is 2.32. The minimum atomic E-state index is -0.633. The van der Waals surface area contributed by atoms with Crippen molar-refractivity contribution >= 4 is 5.97 Å².